The summed E-state index contributed by atoms with van der Waals surface area (Å²) >= 11 is 1.36. The number of para-hydroxylation sites is 2. The highest BCUT2D eigenvalue weighted by Gasteiger charge is 2.36. The van der Waals surface area contributed by atoms with Gasteiger partial charge in [0.15, 0.2) is 5.13 Å². The Morgan fingerprint density at radius 2 is 2.30 bits per heavy atom. The van der Waals surface area contributed by atoms with Gasteiger partial charge in [-0.1, -0.05) is 12.1 Å². The lowest BCUT2D eigenvalue weighted by molar-refractivity contribution is -0.122. The molecule has 2 aromatic rings. The Hall–Kier alpha value is -2.41. The maximum absolute atomic E-state index is 12.3. The molecule has 1 saturated heterocycles. The van der Waals surface area contributed by atoms with Gasteiger partial charge in [0, 0.05) is 24.5 Å². The molecule has 0 aliphatic carbocycles. The lowest BCUT2D eigenvalue weighted by atomic mass is 10.1. The summed E-state index contributed by atoms with van der Waals surface area (Å²) < 4.78 is 5.58. The van der Waals surface area contributed by atoms with Crippen LogP contribution >= 0.6 is 11.3 Å². The Bertz CT molecular complexity index is 702. The molecule has 0 unspecified atom stereocenters. The molecule has 1 atom stereocenters. The van der Waals surface area contributed by atoms with Crippen molar-refractivity contribution in [3.05, 3.63) is 35.8 Å². The number of nitrogens with one attached hydrogen (secondary N) is 1. The molecule has 6 nitrogen and oxygen atoms in total. The molecule has 0 saturated carbocycles. The third-order valence-electron chi connectivity index (χ3n) is 3.61. The fourth-order valence-corrected chi connectivity index (χ4v) is 3.10. The zero-order valence-electron chi connectivity index (χ0n) is 12.7. The first-order valence-corrected chi connectivity index (χ1v) is 8.29. The molecular weight excluding hydrogens is 314 g/mol. The Labute approximate surface area is 138 Å². The molecule has 23 heavy (non-hydrogen) atoms. The molecular formula is C16H17N3O3S. The lowest BCUT2D eigenvalue weighted by Gasteiger charge is -2.20. The van der Waals surface area contributed by atoms with Gasteiger partial charge in [0.1, 0.15) is 5.75 Å². The van der Waals surface area contributed by atoms with E-state index in [2.05, 4.69) is 10.3 Å². The van der Waals surface area contributed by atoms with Crippen molar-refractivity contribution < 1.29 is 14.3 Å². The SMILES string of the molecule is CCOc1ccccc1N1C[C@@H](C(=O)Nc2nccs2)CC1=O. The van der Waals surface area contributed by atoms with Gasteiger partial charge in [-0.3, -0.25) is 9.59 Å². The van der Waals surface area contributed by atoms with Crippen LogP contribution in [0.25, 0.3) is 0 Å². The van der Waals surface area contributed by atoms with E-state index in [1.807, 2.05) is 31.2 Å². The fourth-order valence-electron chi connectivity index (χ4n) is 2.57. The van der Waals surface area contributed by atoms with Crippen LogP contribution in [-0.4, -0.2) is 29.9 Å². The van der Waals surface area contributed by atoms with Crippen LogP contribution in [0.15, 0.2) is 35.8 Å². The number of benzene rings is 1. The number of hydrogen-bond acceptors (Lipinski definition) is 5. The van der Waals surface area contributed by atoms with Gasteiger partial charge >= 0.3 is 0 Å². The minimum absolute atomic E-state index is 0.0727. The molecule has 3 rings (SSSR count). The Morgan fingerprint density at radius 3 is 3.04 bits per heavy atom. The monoisotopic (exact) mass is 331 g/mol. The van der Waals surface area contributed by atoms with Gasteiger partial charge in [0.25, 0.3) is 0 Å². The summed E-state index contributed by atoms with van der Waals surface area (Å²) in [5, 5.41) is 5.10. The van der Waals surface area contributed by atoms with E-state index in [9.17, 15) is 9.59 Å². The van der Waals surface area contributed by atoms with E-state index in [1.165, 1.54) is 11.3 Å². The van der Waals surface area contributed by atoms with Gasteiger partial charge < -0.3 is 15.0 Å². The summed E-state index contributed by atoms with van der Waals surface area (Å²) in [6, 6.07) is 7.38. The van der Waals surface area contributed by atoms with Crippen LogP contribution in [0, 0.1) is 5.92 Å². The van der Waals surface area contributed by atoms with Crippen molar-refractivity contribution in [2.45, 2.75) is 13.3 Å². The average Bonchev–Trinajstić information content (AvgIpc) is 3.18. The first-order valence-electron chi connectivity index (χ1n) is 7.41. The molecule has 0 bridgehead atoms. The summed E-state index contributed by atoms with van der Waals surface area (Å²) in [5.41, 5.74) is 0.712. The summed E-state index contributed by atoms with van der Waals surface area (Å²) in [7, 11) is 0. The van der Waals surface area contributed by atoms with Crippen LogP contribution in [0.2, 0.25) is 0 Å². The van der Waals surface area contributed by atoms with Gasteiger partial charge in [-0.15, -0.1) is 11.3 Å². The standard InChI is InChI=1S/C16H17N3O3S/c1-2-22-13-6-4-3-5-12(13)19-10-11(9-14(19)20)15(21)18-16-17-7-8-23-16/h3-8,11H,2,9-10H2,1H3,(H,17,18,21)/t11-/m0/s1. The summed E-state index contributed by atoms with van der Waals surface area (Å²) in [6.45, 7) is 2.76. The first-order chi connectivity index (χ1) is 11.2. The number of nitrogens with zero attached hydrogens (tertiary/aromatic N) is 2. The summed E-state index contributed by atoms with van der Waals surface area (Å²) in [6.07, 6.45) is 1.82. The molecule has 0 spiro atoms. The molecule has 1 aromatic carbocycles. The number of aromatic nitrogens is 1. The topological polar surface area (TPSA) is 71.5 Å². The van der Waals surface area contributed by atoms with Gasteiger partial charge in [0.05, 0.1) is 18.2 Å². The average molecular weight is 331 g/mol. The molecule has 7 heteroatoms. The normalized spacial score (nSPS) is 17.3. The van der Waals surface area contributed by atoms with Gasteiger partial charge in [-0.2, -0.15) is 0 Å². The smallest absolute Gasteiger partial charge is 0.231 e. The lowest BCUT2D eigenvalue weighted by Crippen LogP contribution is -2.28. The number of carbonyl (C=O) groups excluding carboxylic acids is 2. The highest BCUT2D eigenvalue weighted by atomic mass is 32.1. The van der Waals surface area contributed by atoms with Gasteiger partial charge in [0.2, 0.25) is 11.8 Å². The zero-order valence-corrected chi connectivity index (χ0v) is 13.5. The van der Waals surface area contributed by atoms with Crippen LogP contribution < -0.4 is 15.0 Å². The van der Waals surface area contributed by atoms with Crippen LogP contribution in [0.3, 0.4) is 0 Å². The third-order valence-corrected chi connectivity index (χ3v) is 4.30. The van der Waals surface area contributed by atoms with Gasteiger partial charge in [-0.05, 0) is 19.1 Å². The highest BCUT2D eigenvalue weighted by molar-refractivity contribution is 7.13. The van der Waals surface area contributed by atoms with E-state index in [0.717, 1.165) is 0 Å². The van der Waals surface area contributed by atoms with Crippen molar-refractivity contribution >= 4 is 34.0 Å². The number of anilines is 2. The second-order valence-electron chi connectivity index (χ2n) is 5.13. The van der Waals surface area contributed by atoms with E-state index in [0.29, 0.717) is 29.7 Å². The molecule has 1 aliphatic rings. The van der Waals surface area contributed by atoms with Crippen molar-refractivity contribution in [3.63, 3.8) is 0 Å². The zero-order chi connectivity index (χ0) is 16.2. The number of rotatable bonds is 5. The number of ether oxygens (including phenoxy) is 1. The van der Waals surface area contributed by atoms with E-state index in [-0.39, 0.29) is 24.2 Å². The number of hydrogen-bond donors (Lipinski definition) is 1. The maximum atomic E-state index is 12.3. The van der Waals surface area contributed by atoms with Crippen LogP contribution in [-0.2, 0) is 9.59 Å². The molecule has 2 amide bonds. The number of carbonyl (C=O) groups is 2. The van der Waals surface area contributed by atoms with Crippen molar-refractivity contribution in [2.24, 2.45) is 5.92 Å². The first kappa shape index (κ1) is 15.5. The predicted molar refractivity (Wildman–Crippen MR) is 88.8 cm³/mol. The predicted octanol–water partition coefficient (Wildman–Crippen LogP) is 2.53. The van der Waals surface area contributed by atoms with Crippen molar-refractivity contribution in [3.8, 4) is 5.75 Å². The molecule has 2 heterocycles. The third kappa shape index (κ3) is 3.34. The molecule has 1 N–H and O–H groups in total. The van der Waals surface area contributed by atoms with E-state index in [1.54, 1.807) is 16.5 Å². The Morgan fingerprint density at radius 1 is 1.48 bits per heavy atom. The van der Waals surface area contributed by atoms with Crippen molar-refractivity contribution in [1.29, 1.82) is 0 Å². The van der Waals surface area contributed by atoms with E-state index < -0.39 is 0 Å². The summed E-state index contributed by atoms with van der Waals surface area (Å²) in [4.78, 5) is 30.3. The van der Waals surface area contributed by atoms with E-state index >= 15 is 0 Å². The number of thiazole rings is 1. The van der Waals surface area contributed by atoms with Crippen molar-refractivity contribution in [1.82, 2.24) is 4.98 Å². The minimum atomic E-state index is -0.388. The Kier molecular flexibility index (Phi) is 4.57. The van der Waals surface area contributed by atoms with Crippen LogP contribution in [0.4, 0.5) is 10.8 Å². The van der Waals surface area contributed by atoms with Crippen molar-refractivity contribution in [2.75, 3.05) is 23.4 Å². The highest BCUT2D eigenvalue weighted by Crippen LogP contribution is 2.33. The summed E-state index contributed by atoms with van der Waals surface area (Å²) in [5.74, 6) is 0.0200. The largest absolute Gasteiger partial charge is 0.492 e. The molecule has 1 aliphatic heterocycles. The quantitative estimate of drug-likeness (QED) is 0.914. The molecule has 1 fully saturated rings. The molecule has 1 aromatic heterocycles. The van der Waals surface area contributed by atoms with Crippen LogP contribution in [0.1, 0.15) is 13.3 Å². The molecule has 120 valence electrons. The Balaban J connectivity index is 1.74. The van der Waals surface area contributed by atoms with Gasteiger partial charge in [-0.25, -0.2) is 4.98 Å². The second-order valence-corrected chi connectivity index (χ2v) is 6.03. The number of amides is 2. The maximum Gasteiger partial charge on any atom is 0.231 e. The second kappa shape index (κ2) is 6.78. The van der Waals surface area contributed by atoms with Crippen LogP contribution in [0.5, 0.6) is 5.75 Å². The molecule has 0 radical (unpaired) electrons. The minimum Gasteiger partial charge on any atom is -0.492 e. The van der Waals surface area contributed by atoms with E-state index in [4.69, 9.17) is 4.74 Å². The fraction of sp³-hybridized carbons (Fsp3) is 0.312.